The van der Waals surface area contributed by atoms with Crippen molar-refractivity contribution in [1.82, 2.24) is 4.98 Å². The van der Waals surface area contributed by atoms with Gasteiger partial charge in [0.1, 0.15) is 5.76 Å². The van der Waals surface area contributed by atoms with E-state index in [4.69, 9.17) is 10.2 Å². The van der Waals surface area contributed by atoms with E-state index >= 15 is 0 Å². The predicted molar refractivity (Wildman–Crippen MR) is 52.8 cm³/mol. The Bertz CT molecular complexity index is 324. The van der Waals surface area contributed by atoms with Gasteiger partial charge in [0.15, 0.2) is 5.89 Å². The zero-order chi connectivity index (χ0) is 9.54. The van der Waals surface area contributed by atoms with Crippen LogP contribution in [-0.4, -0.2) is 11.5 Å². The summed E-state index contributed by atoms with van der Waals surface area (Å²) in [5, 5.41) is 0. The first-order valence-corrected chi connectivity index (χ1v) is 5.51. The molecule has 3 rings (SSSR count). The van der Waals surface area contributed by atoms with E-state index in [9.17, 15) is 0 Å². The van der Waals surface area contributed by atoms with E-state index in [0.29, 0.717) is 12.5 Å². The van der Waals surface area contributed by atoms with Gasteiger partial charge in [-0.2, -0.15) is 0 Å². The van der Waals surface area contributed by atoms with E-state index in [1.54, 1.807) is 0 Å². The number of nitrogens with zero attached hydrogens (tertiary/aromatic N) is 1. The lowest BCUT2D eigenvalue weighted by Crippen LogP contribution is -2.02. The van der Waals surface area contributed by atoms with Crippen LogP contribution in [0.15, 0.2) is 10.6 Å². The molecule has 2 unspecified atom stereocenters. The molecule has 0 radical (unpaired) electrons. The van der Waals surface area contributed by atoms with Crippen molar-refractivity contribution in [3.8, 4) is 0 Å². The van der Waals surface area contributed by atoms with Crippen LogP contribution in [-0.2, 0) is 6.42 Å². The Morgan fingerprint density at radius 3 is 2.86 bits per heavy atom. The molecule has 0 amide bonds. The van der Waals surface area contributed by atoms with E-state index in [-0.39, 0.29) is 0 Å². The van der Waals surface area contributed by atoms with Crippen molar-refractivity contribution in [1.29, 1.82) is 0 Å². The van der Waals surface area contributed by atoms with Gasteiger partial charge in [-0.3, -0.25) is 0 Å². The lowest BCUT2D eigenvalue weighted by atomic mass is 10.0. The first-order valence-electron chi connectivity index (χ1n) is 5.51. The van der Waals surface area contributed by atoms with Crippen molar-refractivity contribution in [3.05, 3.63) is 17.8 Å². The van der Waals surface area contributed by atoms with Gasteiger partial charge in [-0.1, -0.05) is 0 Å². The number of fused-ring (bicyclic) bond motifs is 1. The monoisotopic (exact) mass is 192 g/mol. The van der Waals surface area contributed by atoms with Crippen molar-refractivity contribution < 1.29 is 4.42 Å². The van der Waals surface area contributed by atoms with E-state index < -0.39 is 0 Å². The molecule has 0 bridgehead atoms. The lowest BCUT2D eigenvalue weighted by molar-refractivity contribution is 0.413. The van der Waals surface area contributed by atoms with E-state index in [1.165, 1.54) is 19.3 Å². The maximum atomic E-state index is 5.69. The lowest BCUT2D eigenvalue weighted by Gasteiger charge is -2.06. The average molecular weight is 192 g/mol. The highest BCUT2D eigenvalue weighted by atomic mass is 16.4. The fraction of sp³-hybridized carbons (Fsp3) is 0.727. The summed E-state index contributed by atoms with van der Waals surface area (Å²) in [6, 6.07) is 0. The molecule has 2 saturated carbocycles. The number of aromatic nitrogens is 1. The van der Waals surface area contributed by atoms with E-state index in [0.717, 1.165) is 29.9 Å². The number of hydrogen-bond donors (Lipinski definition) is 1. The van der Waals surface area contributed by atoms with Crippen LogP contribution in [0.25, 0.3) is 0 Å². The Labute approximate surface area is 83.7 Å². The molecule has 2 atom stereocenters. The molecule has 0 aliphatic heterocycles. The Balaban J connectivity index is 1.70. The second-order valence-corrected chi connectivity index (χ2v) is 4.62. The van der Waals surface area contributed by atoms with E-state index in [1.807, 2.05) is 6.20 Å². The maximum absolute atomic E-state index is 5.69. The molecular weight excluding hydrogens is 176 g/mol. The minimum Gasteiger partial charge on any atom is -0.445 e. The number of hydrogen-bond acceptors (Lipinski definition) is 3. The van der Waals surface area contributed by atoms with Crippen molar-refractivity contribution in [3.63, 3.8) is 0 Å². The molecule has 1 heterocycles. The summed E-state index contributed by atoms with van der Waals surface area (Å²) in [4.78, 5) is 4.24. The third-order valence-corrected chi connectivity index (χ3v) is 3.58. The second kappa shape index (κ2) is 3.09. The van der Waals surface area contributed by atoms with E-state index in [2.05, 4.69) is 4.98 Å². The van der Waals surface area contributed by atoms with Crippen LogP contribution in [0.2, 0.25) is 0 Å². The summed E-state index contributed by atoms with van der Waals surface area (Å²) in [6.07, 6.45) is 6.77. The maximum Gasteiger partial charge on any atom is 0.195 e. The fourth-order valence-electron chi connectivity index (χ4n) is 2.70. The van der Waals surface area contributed by atoms with Gasteiger partial charge >= 0.3 is 0 Å². The standard InChI is InChI=1S/C11H16N2O/c12-2-1-11-13-6-10(14-11)9-4-7-3-8(7)5-9/h6-9H,1-5,12H2. The largest absolute Gasteiger partial charge is 0.445 e. The van der Waals surface area contributed by atoms with Crippen LogP contribution in [0.1, 0.15) is 36.8 Å². The van der Waals surface area contributed by atoms with Crippen LogP contribution < -0.4 is 5.73 Å². The molecule has 2 fully saturated rings. The SMILES string of the molecule is NCCc1ncc(C2CC3CC3C2)o1. The minimum absolute atomic E-state index is 0.621. The Hall–Kier alpha value is -0.830. The third kappa shape index (κ3) is 1.36. The van der Waals surface area contributed by atoms with Gasteiger partial charge in [-0.25, -0.2) is 4.98 Å². The molecule has 2 aliphatic rings. The zero-order valence-electron chi connectivity index (χ0n) is 8.28. The smallest absolute Gasteiger partial charge is 0.195 e. The third-order valence-electron chi connectivity index (χ3n) is 3.58. The molecule has 3 heteroatoms. The van der Waals surface area contributed by atoms with Gasteiger partial charge in [-0.05, 0) is 31.1 Å². The van der Waals surface area contributed by atoms with Gasteiger partial charge in [0.2, 0.25) is 0 Å². The molecule has 0 saturated heterocycles. The van der Waals surface area contributed by atoms with Gasteiger partial charge in [0.25, 0.3) is 0 Å². The van der Waals surface area contributed by atoms with Crippen LogP contribution in [0.3, 0.4) is 0 Å². The predicted octanol–water partition coefficient (Wildman–Crippen LogP) is 1.69. The topological polar surface area (TPSA) is 52.0 Å². The zero-order valence-corrected chi connectivity index (χ0v) is 8.28. The molecule has 14 heavy (non-hydrogen) atoms. The number of rotatable bonds is 3. The van der Waals surface area contributed by atoms with Crippen molar-refractivity contribution in [2.24, 2.45) is 17.6 Å². The average Bonchev–Trinajstić information content (AvgIpc) is 2.68. The first kappa shape index (κ1) is 8.48. The van der Waals surface area contributed by atoms with Crippen LogP contribution in [0.4, 0.5) is 0 Å². The van der Waals surface area contributed by atoms with Crippen LogP contribution in [0.5, 0.6) is 0 Å². The summed E-state index contributed by atoms with van der Waals surface area (Å²) < 4.78 is 5.69. The minimum atomic E-state index is 0.621. The molecule has 0 spiro atoms. The van der Waals surface area contributed by atoms with Crippen molar-refractivity contribution >= 4 is 0 Å². The van der Waals surface area contributed by atoms with Crippen LogP contribution >= 0.6 is 0 Å². The van der Waals surface area contributed by atoms with Crippen LogP contribution in [0, 0.1) is 11.8 Å². The molecule has 1 aromatic heterocycles. The quantitative estimate of drug-likeness (QED) is 0.792. The summed E-state index contributed by atoms with van der Waals surface area (Å²) in [5.74, 6) is 4.56. The Kier molecular flexibility index (Phi) is 1.87. The molecule has 0 aromatic carbocycles. The Morgan fingerprint density at radius 2 is 2.14 bits per heavy atom. The normalized spacial score (nSPS) is 34.5. The number of nitrogens with two attached hydrogens (primary N) is 1. The van der Waals surface area contributed by atoms with Gasteiger partial charge < -0.3 is 10.2 Å². The first-order chi connectivity index (χ1) is 6.86. The number of oxazole rings is 1. The summed E-state index contributed by atoms with van der Waals surface area (Å²) in [7, 11) is 0. The van der Waals surface area contributed by atoms with Gasteiger partial charge in [0, 0.05) is 18.9 Å². The van der Waals surface area contributed by atoms with Crippen molar-refractivity contribution in [2.45, 2.75) is 31.6 Å². The van der Waals surface area contributed by atoms with Gasteiger partial charge in [-0.15, -0.1) is 0 Å². The molecular formula is C11H16N2O. The summed E-state index contributed by atoms with van der Waals surface area (Å²) in [6.45, 7) is 0.621. The van der Waals surface area contributed by atoms with Gasteiger partial charge in [0.05, 0.1) is 6.20 Å². The molecule has 76 valence electrons. The molecule has 3 nitrogen and oxygen atoms in total. The fourth-order valence-corrected chi connectivity index (χ4v) is 2.70. The summed E-state index contributed by atoms with van der Waals surface area (Å²) >= 11 is 0. The second-order valence-electron chi connectivity index (χ2n) is 4.62. The van der Waals surface area contributed by atoms with Crippen molar-refractivity contribution in [2.75, 3.05) is 6.54 Å². The Morgan fingerprint density at radius 1 is 1.36 bits per heavy atom. The highest BCUT2D eigenvalue weighted by molar-refractivity contribution is 5.11. The highest BCUT2D eigenvalue weighted by Gasteiger charge is 2.47. The molecule has 2 N–H and O–H groups in total. The molecule has 1 aromatic rings. The molecule has 2 aliphatic carbocycles. The summed E-state index contributed by atoms with van der Waals surface area (Å²) in [5.41, 5.74) is 5.45. The highest BCUT2D eigenvalue weighted by Crippen LogP contribution is 2.57.